The number of aliphatic hydroxyl groups is 1. The van der Waals surface area contributed by atoms with Crippen LogP contribution in [0.3, 0.4) is 0 Å². The fourth-order valence-corrected chi connectivity index (χ4v) is 6.11. The maximum absolute atomic E-state index is 14.1. The number of likely N-dealkylation sites (N-methyl/N-ethyl adjacent to an activating group) is 1. The van der Waals surface area contributed by atoms with Gasteiger partial charge < -0.3 is 29.1 Å². The number of aliphatic hydroxyl groups excluding tert-OH is 1. The molecule has 0 aromatic heterocycles. The number of benzene rings is 2. The Labute approximate surface area is 251 Å². The van der Waals surface area contributed by atoms with Gasteiger partial charge in [-0.15, -0.1) is 0 Å². The Bertz CT molecular complexity index is 1270. The molecule has 0 fully saturated rings. The number of amides is 1. The number of carbonyl (C=O) groups excluding carboxylic acids is 1. The molecule has 2 aromatic carbocycles. The Morgan fingerprint density at radius 3 is 2.40 bits per heavy atom. The third kappa shape index (κ3) is 8.37. The lowest BCUT2D eigenvalue weighted by molar-refractivity contribution is -0.00833. The summed E-state index contributed by atoms with van der Waals surface area (Å²) >= 11 is 0. The zero-order valence-corrected chi connectivity index (χ0v) is 26.8. The van der Waals surface area contributed by atoms with Gasteiger partial charge in [-0.2, -0.15) is 4.31 Å². The highest BCUT2D eigenvalue weighted by Gasteiger charge is 2.32. The van der Waals surface area contributed by atoms with E-state index >= 15 is 0 Å². The second-order valence-electron chi connectivity index (χ2n) is 11.3. The minimum Gasteiger partial charge on any atom is -0.497 e. The molecule has 1 aliphatic rings. The molecule has 0 radical (unpaired) electrons. The van der Waals surface area contributed by atoms with Crippen molar-refractivity contribution in [2.75, 3.05) is 59.5 Å². The van der Waals surface area contributed by atoms with Crippen LogP contribution in [0.4, 0.5) is 5.69 Å². The third-order valence-electron chi connectivity index (χ3n) is 7.76. The summed E-state index contributed by atoms with van der Waals surface area (Å²) in [5, 5.41) is 10.1. The van der Waals surface area contributed by atoms with Crippen molar-refractivity contribution in [3.8, 4) is 11.5 Å². The summed E-state index contributed by atoms with van der Waals surface area (Å²) in [6.07, 6.45) is 1.80. The molecular formula is C31H47N3O7S. The molecular weight excluding hydrogens is 558 g/mol. The number of rotatable bonds is 8. The van der Waals surface area contributed by atoms with Crippen LogP contribution in [0.1, 0.15) is 50.4 Å². The van der Waals surface area contributed by atoms with Crippen LogP contribution in [-0.4, -0.2) is 101 Å². The van der Waals surface area contributed by atoms with Gasteiger partial charge in [-0.3, -0.25) is 4.79 Å². The van der Waals surface area contributed by atoms with Crippen LogP contribution in [0.25, 0.3) is 0 Å². The van der Waals surface area contributed by atoms with Crippen molar-refractivity contribution in [2.24, 2.45) is 5.92 Å². The predicted molar refractivity (Wildman–Crippen MR) is 164 cm³/mol. The second kappa shape index (κ2) is 15.0. The van der Waals surface area contributed by atoms with Crippen LogP contribution in [0.15, 0.2) is 47.4 Å². The molecule has 3 rings (SSSR count). The lowest BCUT2D eigenvalue weighted by atomic mass is 10.0. The summed E-state index contributed by atoms with van der Waals surface area (Å²) in [4.78, 5) is 17.8. The normalized spacial score (nSPS) is 21.7. The summed E-state index contributed by atoms with van der Waals surface area (Å²) in [5.74, 6) is 0.571. The van der Waals surface area contributed by atoms with Gasteiger partial charge in [0.1, 0.15) is 11.5 Å². The van der Waals surface area contributed by atoms with Gasteiger partial charge in [0.05, 0.1) is 42.4 Å². The molecule has 10 nitrogen and oxygen atoms in total. The molecule has 234 valence electrons. The summed E-state index contributed by atoms with van der Waals surface area (Å²) < 4.78 is 45.9. The number of ether oxygens (including phenoxy) is 3. The van der Waals surface area contributed by atoms with Crippen molar-refractivity contribution in [2.45, 2.75) is 63.2 Å². The number of carbonyl (C=O) groups is 1. The minimum absolute atomic E-state index is 0.103. The molecule has 1 heterocycles. The van der Waals surface area contributed by atoms with Crippen LogP contribution in [-0.2, 0) is 14.8 Å². The van der Waals surface area contributed by atoms with Crippen LogP contribution >= 0.6 is 0 Å². The van der Waals surface area contributed by atoms with Crippen molar-refractivity contribution >= 4 is 21.6 Å². The van der Waals surface area contributed by atoms with Crippen LogP contribution in [0, 0.1) is 5.92 Å². The molecule has 0 bridgehead atoms. The van der Waals surface area contributed by atoms with Crippen molar-refractivity contribution < 1.29 is 32.5 Å². The first-order valence-electron chi connectivity index (χ1n) is 14.5. The van der Waals surface area contributed by atoms with E-state index < -0.39 is 22.2 Å². The van der Waals surface area contributed by atoms with Crippen LogP contribution in [0.5, 0.6) is 11.5 Å². The fraction of sp³-hybridized carbons (Fsp3) is 0.581. The maximum atomic E-state index is 14.1. The standard InChI is InChI=1S/C31H47N3O7S/c1-22-19-34(23(2)21-35)31(36)28-18-25(32(4)5)11-16-29(28)41-24(3)10-8-9-17-40-30(22)20-33(6)42(37,38)27-14-12-26(39-7)13-15-27/h11-16,18,22-24,30,35H,8-10,17,19-21H2,1-7H3/t22-,23-,24-,30+/m1/s1. The SMILES string of the molecule is COc1ccc(S(=O)(=O)N(C)C[C@@H]2OCCCC[C@@H](C)Oc3ccc(N(C)C)cc3C(=O)N([C@H](C)CO)C[C@H]2C)cc1. The van der Waals surface area contributed by atoms with Gasteiger partial charge in [0.25, 0.3) is 5.91 Å². The quantitative estimate of drug-likeness (QED) is 0.483. The maximum Gasteiger partial charge on any atom is 0.258 e. The number of hydrogen-bond acceptors (Lipinski definition) is 8. The molecule has 0 aliphatic carbocycles. The number of fused-ring (bicyclic) bond motifs is 1. The molecule has 11 heteroatoms. The predicted octanol–water partition coefficient (Wildman–Crippen LogP) is 3.88. The molecule has 1 aliphatic heterocycles. The largest absolute Gasteiger partial charge is 0.497 e. The van der Waals surface area contributed by atoms with E-state index in [0.717, 1.165) is 24.9 Å². The molecule has 0 spiro atoms. The lowest BCUT2D eigenvalue weighted by Crippen LogP contribution is -2.48. The Morgan fingerprint density at radius 2 is 1.79 bits per heavy atom. The van der Waals surface area contributed by atoms with Gasteiger partial charge in [0.2, 0.25) is 10.0 Å². The highest BCUT2D eigenvalue weighted by molar-refractivity contribution is 7.89. The zero-order valence-electron chi connectivity index (χ0n) is 25.9. The van der Waals surface area contributed by atoms with Gasteiger partial charge in [-0.25, -0.2) is 8.42 Å². The molecule has 0 saturated carbocycles. The van der Waals surface area contributed by atoms with E-state index in [2.05, 4.69) is 0 Å². The van der Waals surface area contributed by atoms with Crippen molar-refractivity contribution in [1.82, 2.24) is 9.21 Å². The Kier molecular flexibility index (Phi) is 12.0. The van der Waals surface area contributed by atoms with E-state index in [9.17, 15) is 18.3 Å². The monoisotopic (exact) mass is 605 g/mol. The Morgan fingerprint density at radius 1 is 1.10 bits per heavy atom. The number of anilines is 1. The first kappa shape index (κ1) is 33.6. The summed E-state index contributed by atoms with van der Waals surface area (Å²) in [5.41, 5.74) is 1.28. The third-order valence-corrected chi connectivity index (χ3v) is 9.59. The average molecular weight is 606 g/mol. The molecule has 1 N–H and O–H groups in total. The van der Waals surface area contributed by atoms with E-state index in [1.165, 1.54) is 30.6 Å². The van der Waals surface area contributed by atoms with Crippen LogP contribution < -0.4 is 14.4 Å². The highest BCUT2D eigenvalue weighted by Crippen LogP contribution is 2.29. The molecule has 0 saturated heterocycles. The number of methoxy groups -OCH3 is 1. The Hall–Kier alpha value is -2.86. The van der Waals surface area contributed by atoms with Gasteiger partial charge in [0.15, 0.2) is 0 Å². The number of hydrogen-bond donors (Lipinski definition) is 1. The van der Waals surface area contributed by atoms with Gasteiger partial charge in [-0.05, 0) is 75.6 Å². The molecule has 42 heavy (non-hydrogen) atoms. The van der Waals surface area contributed by atoms with Crippen molar-refractivity contribution in [3.05, 3.63) is 48.0 Å². The van der Waals surface area contributed by atoms with Gasteiger partial charge in [-0.1, -0.05) is 6.92 Å². The summed E-state index contributed by atoms with van der Waals surface area (Å²) in [6, 6.07) is 11.4. The fourth-order valence-electron chi connectivity index (χ4n) is 4.93. The smallest absolute Gasteiger partial charge is 0.258 e. The second-order valence-corrected chi connectivity index (χ2v) is 13.4. The molecule has 1 amide bonds. The molecule has 2 aromatic rings. The van der Waals surface area contributed by atoms with Crippen molar-refractivity contribution in [1.29, 1.82) is 0 Å². The summed E-state index contributed by atoms with van der Waals surface area (Å²) in [7, 11) is 3.09. The van der Waals surface area contributed by atoms with E-state index in [-0.39, 0.29) is 42.5 Å². The van der Waals surface area contributed by atoms with Crippen molar-refractivity contribution in [3.63, 3.8) is 0 Å². The Balaban J connectivity index is 1.95. The number of nitrogens with zero attached hydrogens (tertiary/aromatic N) is 3. The van der Waals surface area contributed by atoms with E-state index in [4.69, 9.17) is 14.2 Å². The molecule has 0 unspecified atom stereocenters. The first-order valence-corrected chi connectivity index (χ1v) is 15.9. The van der Waals surface area contributed by atoms with E-state index in [1.807, 2.05) is 51.0 Å². The van der Waals surface area contributed by atoms with Gasteiger partial charge in [0, 0.05) is 52.4 Å². The van der Waals surface area contributed by atoms with E-state index in [1.54, 1.807) is 24.0 Å². The summed E-state index contributed by atoms with van der Waals surface area (Å²) in [6.45, 7) is 6.31. The first-order chi connectivity index (χ1) is 19.9. The zero-order chi connectivity index (χ0) is 31.0. The van der Waals surface area contributed by atoms with E-state index in [0.29, 0.717) is 23.7 Å². The minimum atomic E-state index is -3.80. The topological polar surface area (TPSA) is 109 Å². The van der Waals surface area contributed by atoms with Gasteiger partial charge >= 0.3 is 0 Å². The lowest BCUT2D eigenvalue weighted by Gasteiger charge is -2.35. The average Bonchev–Trinajstić information content (AvgIpc) is 2.97. The van der Waals surface area contributed by atoms with Crippen LogP contribution in [0.2, 0.25) is 0 Å². The number of sulfonamides is 1. The highest BCUT2D eigenvalue weighted by atomic mass is 32.2. The molecule has 4 atom stereocenters.